The van der Waals surface area contributed by atoms with E-state index in [0.29, 0.717) is 5.69 Å². The Kier molecular flexibility index (Phi) is 3.38. The van der Waals surface area contributed by atoms with Gasteiger partial charge in [-0.05, 0) is 25.1 Å². The number of nitrogens with zero attached hydrogens (tertiary/aromatic N) is 1. The number of rotatable bonds is 3. The predicted molar refractivity (Wildman–Crippen MR) is 63.5 cm³/mol. The Bertz CT molecular complexity index is 566. The van der Waals surface area contributed by atoms with Crippen molar-refractivity contribution in [2.45, 2.75) is 13.0 Å². The average Bonchev–Trinajstić information content (AvgIpc) is 2.78. The molecule has 0 aliphatic rings. The first-order valence-corrected chi connectivity index (χ1v) is 5.34. The van der Waals surface area contributed by atoms with Gasteiger partial charge < -0.3 is 15.5 Å². The Hall–Kier alpha value is -2.21. The predicted octanol–water partition coefficient (Wildman–Crippen LogP) is 2.09. The summed E-state index contributed by atoms with van der Waals surface area (Å²) in [5.41, 5.74) is 6.02. The smallest absolute Gasteiger partial charge is 0.277 e. The molecule has 1 aromatic carbocycles. The first-order chi connectivity index (χ1) is 8.56. The Morgan fingerprint density at radius 2 is 2.33 bits per heavy atom. The quantitative estimate of drug-likeness (QED) is 0.872. The van der Waals surface area contributed by atoms with Crippen LogP contribution in [0.1, 0.15) is 29.3 Å². The van der Waals surface area contributed by atoms with E-state index in [1.807, 2.05) is 0 Å². The topological polar surface area (TPSA) is 81.1 Å². The van der Waals surface area contributed by atoms with Crippen molar-refractivity contribution in [3.8, 4) is 0 Å². The normalized spacial score (nSPS) is 12.2. The fraction of sp³-hybridized carbons (Fsp3) is 0.167. The van der Waals surface area contributed by atoms with Gasteiger partial charge in [0.05, 0.1) is 6.04 Å². The zero-order valence-electron chi connectivity index (χ0n) is 9.68. The highest BCUT2D eigenvalue weighted by molar-refractivity contribution is 6.02. The molecule has 1 aromatic heterocycles. The molecule has 0 saturated carbocycles. The molecule has 1 unspecified atom stereocenters. The first kappa shape index (κ1) is 12.3. The molecule has 18 heavy (non-hydrogen) atoms. The van der Waals surface area contributed by atoms with Crippen molar-refractivity contribution in [3.63, 3.8) is 0 Å². The van der Waals surface area contributed by atoms with Crippen LogP contribution in [0.4, 0.5) is 10.1 Å². The van der Waals surface area contributed by atoms with Crippen molar-refractivity contribution in [1.29, 1.82) is 0 Å². The number of halogens is 1. The number of oxazole rings is 1. The van der Waals surface area contributed by atoms with Gasteiger partial charge in [-0.15, -0.1) is 0 Å². The van der Waals surface area contributed by atoms with Gasteiger partial charge in [-0.2, -0.15) is 0 Å². The number of carbonyl (C=O) groups is 1. The van der Waals surface area contributed by atoms with Crippen molar-refractivity contribution in [2.75, 3.05) is 5.32 Å². The van der Waals surface area contributed by atoms with Crippen LogP contribution in [0, 0.1) is 5.82 Å². The fourth-order valence-electron chi connectivity index (χ4n) is 1.36. The van der Waals surface area contributed by atoms with E-state index in [1.165, 1.54) is 24.5 Å². The number of anilines is 1. The maximum atomic E-state index is 12.9. The molecule has 5 nitrogen and oxygen atoms in total. The number of nitrogens with two attached hydrogens (primary N) is 1. The standard InChI is InChI=1S/C12H12FN3O2/c1-7(14)12-16-10(6-18-12)11(17)15-9-4-2-3-8(13)5-9/h2-7H,14H2,1H3,(H,15,17). The molecule has 3 N–H and O–H groups in total. The first-order valence-electron chi connectivity index (χ1n) is 5.34. The van der Waals surface area contributed by atoms with Crippen molar-refractivity contribution in [2.24, 2.45) is 5.73 Å². The van der Waals surface area contributed by atoms with Gasteiger partial charge in [0, 0.05) is 5.69 Å². The van der Waals surface area contributed by atoms with Crippen molar-refractivity contribution in [1.82, 2.24) is 4.98 Å². The van der Waals surface area contributed by atoms with E-state index < -0.39 is 11.7 Å². The molecule has 0 aliphatic carbocycles. The summed E-state index contributed by atoms with van der Waals surface area (Å²) in [5, 5.41) is 2.51. The lowest BCUT2D eigenvalue weighted by molar-refractivity contribution is 0.102. The average molecular weight is 249 g/mol. The minimum absolute atomic E-state index is 0.103. The lowest BCUT2D eigenvalue weighted by atomic mass is 10.3. The molecule has 0 radical (unpaired) electrons. The van der Waals surface area contributed by atoms with Crippen LogP contribution in [0.15, 0.2) is 34.9 Å². The minimum Gasteiger partial charge on any atom is -0.446 e. The third kappa shape index (κ3) is 2.72. The maximum Gasteiger partial charge on any atom is 0.277 e. The third-order valence-corrected chi connectivity index (χ3v) is 2.23. The molecule has 1 atom stereocenters. The second kappa shape index (κ2) is 4.97. The number of benzene rings is 1. The van der Waals surface area contributed by atoms with Crippen molar-refractivity contribution in [3.05, 3.63) is 47.9 Å². The molecule has 0 fully saturated rings. The summed E-state index contributed by atoms with van der Waals surface area (Å²) < 4.78 is 18.0. The van der Waals surface area contributed by atoms with E-state index in [0.717, 1.165) is 0 Å². The van der Waals surface area contributed by atoms with Crippen molar-refractivity contribution >= 4 is 11.6 Å². The summed E-state index contributed by atoms with van der Waals surface area (Å²) in [6.07, 6.45) is 1.22. The van der Waals surface area contributed by atoms with Gasteiger partial charge >= 0.3 is 0 Å². The van der Waals surface area contributed by atoms with Gasteiger partial charge in [0.15, 0.2) is 5.69 Å². The molecule has 0 aliphatic heterocycles. The summed E-state index contributed by atoms with van der Waals surface area (Å²) >= 11 is 0. The summed E-state index contributed by atoms with van der Waals surface area (Å²) in [7, 11) is 0. The lowest BCUT2D eigenvalue weighted by Crippen LogP contribution is -2.13. The second-order valence-electron chi connectivity index (χ2n) is 3.82. The minimum atomic E-state index is -0.476. The molecule has 1 heterocycles. The largest absolute Gasteiger partial charge is 0.446 e. The molecule has 1 amide bonds. The second-order valence-corrected chi connectivity index (χ2v) is 3.82. The number of hydrogen-bond acceptors (Lipinski definition) is 4. The van der Waals surface area contributed by atoms with Crippen LogP contribution >= 0.6 is 0 Å². The highest BCUT2D eigenvalue weighted by Crippen LogP contribution is 2.13. The zero-order chi connectivity index (χ0) is 13.1. The van der Waals surface area contributed by atoms with Gasteiger partial charge in [0.25, 0.3) is 5.91 Å². The van der Waals surface area contributed by atoms with Crippen LogP contribution < -0.4 is 11.1 Å². The van der Waals surface area contributed by atoms with Crippen LogP contribution in [0.5, 0.6) is 0 Å². The summed E-state index contributed by atoms with van der Waals surface area (Å²) in [5.74, 6) is -0.625. The molecule has 0 bridgehead atoms. The summed E-state index contributed by atoms with van der Waals surface area (Å²) in [6.45, 7) is 1.69. The van der Waals surface area contributed by atoms with Gasteiger partial charge in [0.1, 0.15) is 12.1 Å². The molecule has 6 heteroatoms. The number of carbonyl (C=O) groups excluding carboxylic acids is 1. The van der Waals surface area contributed by atoms with E-state index in [-0.39, 0.29) is 17.6 Å². The molecular weight excluding hydrogens is 237 g/mol. The van der Waals surface area contributed by atoms with Crippen LogP contribution in [0.2, 0.25) is 0 Å². The number of amides is 1. The lowest BCUT2D eigenvalue weighted by Gasteiger charge is -2.02. The monoisotopic (exact) mass is 249 g/mol. The Morgan fingerprint density at radius 1 is 1.56 bits per heavy atom. The van der Waals surface area contributed by atoms with Crippen LogP contribution in [0.25, 0.3) is 0 Å². The van der Waals surface area contributed by atoms with E-state index in [2.05, 4.69) is 10.3 Å². The van der Waals surface area contributed by atoms with E-state index in [1.54, 1.807) is 13.0 Å². The fourth-order valence-corrected chi connectivity index (χ4v) is 1.36. The molecule has 2 rings (SSSR count). The number of aromatic nitrogens is 1. The van der Waals surface area contributed by atoms with E-state index in [9.17, 15) is 9.18 Å². The molecule has 0 spiro atoms. The van der Waals surface area contributed by atoms with E-state index in [4.69, 9.17) is 10.2 Å². The van der Waals surface area contributed by atoms with Gasteiger partial charge in [0.2, 0.25) is 5.89 Å². The highest BCUT2D eigenvalue weighted by Gasteiger charge is 2.14. The molecular formula is C12H12FN3O2. The SMILES string of the molecule is CC(N)c1nc(C(=O)Nc2cccc(F)c2)co1. The molecule has 94 valence electrons. The highest BCUT2D eigenvalue weighted by atomic mass is 19.1. The zero-order valence-corrected chi connectivity index (χ0v) is 9.68. The van der Waals surface area contributed by atoms with Gasteiger partial charge in [-0.25, -0.2) is 9.37 Å². The van der Waals surface area contributed by atoms with Crippen LogP contribution in [-0.2, 0) is 0 Å². The van der Waals surface area contributed by atoms with E-state index >= 15 is 0 Å². The van der Waals surface area contributed by atoms with Crippen LogP contribution in [0.3, 0.4) is 0 Å². The van der Waals surface area contributed by atoms with Crippen LogP contribution in [-0.4, -0.2) is 10.9 Å². The molecule has 2 aromatic rings. The summed E-state index contributed by atoms with van der Waals surface area (Å²) in [6, 6.07) is 5.19. The Labute approximate surface area is 103 Å². The number of nitrogens with one attached hydrogen (secondary N) is 1. The van der Waals surface area contributed by atoms with Gasteiger partial charge in [-0.1, -0.05) is 6.07 Å². The summed E-state index contributed by atoms with van der Waals surface area (Å²) in [4.78, 5) is 15.7. The Balaban J connectivity index is 2.12. The van der Waals surface area contributed by atoms with Gasteiger partial charge in [-0.3, -0.25) is 4.79 Å². The maximum absolute atomic E-state index is 12.9. The third-order valence-electron chi connectivity index (χ3n) is 2.23. The number of hydrogen-bond donors (Lipinski definition) is 2. The Morgan fingerprint density at radius 3 is 2.94 bits per heavy atom. The molecule has 0 saturated heterocycles. The van der Waals surface area contributed by atoms with Crippen molar-refractivity contribution < 1.29 is 13.6 Å².